The first-order valence-electron chi connectivity index (χ1n) is 7.92. The molecule has 0 saturated heterocycles. The van der Waals surface area contributed by atoms with E-state index in [-0.39, 0.29) is 11.4 Å². The minimum absolute atomic E-state index is 0.164. The lowest BCUT2D eigenvalue weighted by atomic mass is 10.1. The highest BCUT2D eigenvalue weighted by molar-refractivity contribution is 6.00. The first-order chi connectivity index (χ1) is 12.4. The topological polar surface area (TPSA) is 114 Å². The first-order valence-corrected chi connectivity index (χ1v) is 7.92. The van der Waals surface area contributed by atoms with Gasteiger partial charge in [-0.15, -0.1) is 0 Å². The van der Waals surface area contributed by atoms with Crippen LogP contribution < -0.4 is 10.2 Å². The standard InChI is InChI=1S/C18H19N3O5/c1-3-26-16-10-9-14(11-15(16)21(24)25)12(2)19-20-18(23)17(22)13-7-5-4-6-8-13/h4-11,17,22H,3H2,1-2H3,(H,20,23)/b19-12-/t17-/m1/s1. The molecule has 0 radical (unpaired) electrons. The fraction of sp³-hybridized carbons (Fsp3) is 0.222. The second-order valence-corrected chi connectivity index (χ2v) is 5.36. The summed E-state index contributed by atoms with van der Waals surface area (Å²) in [6.45, 7) is 3.63. The molecule has 2 aromatic carbocycles. The molecule has 8 heteroatoms. The number of nitro benzene ring substituents is 1. The number of rotatable bonds is 7. The van der Waals surface area contributed by atoms with Crippen LogP contribution in [-0.2, 0) is 4.79 Å². The van der Waals surface area contributed by atoms with Crippen LogP contribution >= 0.6 is 0 Å². The van der Waals surface area contributed by atoms with Crippen LogP contribution in [0.1, 0.15) is 31.1 Å². The summed E-state index contributed by atoms with van der Waals surface area (Å²) in [4.78, 5) is 22.6. The Balaban J connectivity index is 2.15. The van der Waals surface area contributed by atoms with E-state index in [1.165, 1.54) is 12.1 Å². The number of carbonyl (C=O) groups is 1. The van der Waals surface area contributed by atoms with Gasteiger partial charge >= 0.3 is 5.69 Å². The van der Waals surface area contributed by atoms with Crippen molar-refractivity contribution in [1.29, 1.82) is 0 Å². The predicted octanol–water partition coefficient (Wildman–Crippen LogP) is 2.57. The first kappa shape index (κ1) is 19.1. The van der Waals surface area contributed by atoms with Gasteiger partial charge in [0.25, 0.3) is 5.91 Å². The quantitative estimate of drug-likeness (QED) is 0.449. The van der Waals surface area contributed by atoms with Crippen molar-refractivity contribution in [3.05, 3.63) is 69.8 Å². The van der Waals surface area contributed by atoms with Crippen LogP contribution in [0.5, 0.6) is 5.75 Å². The van der Waals surface area contributed by atoms with Crippen LogP contribution in [0.25, 0.3) is 0 Å². The van der Waals surface area contributed by atoms with Crippen LogP contribution in [0, 0.1) is 10.1 Å². The Morgan fingerprint density at radius 3 is 2.62 bits per heavy atom. The number of ether oxygens (including phenoxy) is 1. The van der Waals surface area contributed by atoms with E-state index in [2.05, 4.69) is 10.5 Å². The molecule has 1 amide bonds. The van der Waals surface area contributed by atoms with Gasteiger partial charge in [0.2, 0.25) is 0 Å². The molecule has 0 aliphatic rings. The van der Waals surface area contributed by atoms with Crippen LogP contribution in [-0.4, -0.2) is 28.3 Å². The molecule has 8 nitrogen and oxygen atoms in total. The number of benzene rings is 2. The summed E-state index contributed by atoms with van der Waals surface area (Å²) in [6, 6.07) is 12.8. The molecule has 26 heavy (non-hydrogen) atoms. The van der Waals surface area contributed by atoms with Gasteiger partial charge in [0.15, 0.2) is 11.9 Å². The van der Waals surface area contributed by atoms with E-state index in [4.69, 9.17) is 4.74 Å². The molecule has 0 aliphatic carbocycles. The lowest BCUT2D eigenvalue weighted by Crippen LogP contribution is -2.26. The number of hydrogen-bond donors (Lipinski definition) is 2. The highest BCUT2D eigenvalue weighted by Crippen LogP contribution is 2.28. The molecule has 0 bridgehead atoms. The number of hydrogen-bond acceptors (Lipinski definition) is 6. The molecule has 2 rings (SSSR count). The lowest BCUT2D eigenvalue weighted by Gasteiger charge is -2.10. The minimum Gasteiger partial charge on any atom is -0.487 e. The number of nitro groups is 1. The maximum atomic E-state index is 12.0. The fourth-order valence-electron chi connectivity index (χ4n) is 2.21. The molecule has 0 fully saturated rings. The summed E-state index contributed by atoms with van der Waals surface area (Å²) >= 11 is 0. The highest BCUT2D eigenvalue weighted by Gasteiger charge is 2.18. The molecule has 2 N–H and O–H groups in total. The Morgan fingerprint density at radius 1 is 1.31 bits per heavy atom. The van der Waals surface area contributed by atoms with Crippen molar-refractivity contribution in [3.63, 3.8) is 0 Å². The van der Waals surface area contributed by atoms with Crippen molar-refractivity contribution in [2.24, 2.45) is 5.10 Å². The van der Waals surface area contributed by atoms with Crippen LogP contribution in [0.3, 0.4) is 0 Å². The molecule has 136 valence electrons. The zero-order chi connectivity index (χ0) is 19.1. The van der Waals surface area contributed by atoms with E-state index in [0.29, 0.717) is 23.4 Å². The number of carbonyl (C=O) groups excluding carboxylic acids is 1. The van der Waals surface area contributed by atoms with E-state index < -0.39 is 16.9 Å². The Bertz CT molecular complexity index is 821. The van der Waals surface area contributed by atoms with E-state index in [1.54, 1.807) is 50.2 Å². The number of nitrogens with zero attached hydrogens (tertiary/aromatic N) is 2. The molecule has 0 spiro atoms. The summed E-state index contributed by atoms with van der Waals surface area (Å²) in [7, 11) is 0. The molecule has 0 aliphatic heterocycles. The monoisotopic (exact) mass is 357 g/mol. The Hall–Kier alpha value is -3.26. The van der Waals surface area contributed by atoms with Gasteiger partial charge in [0.05, 0.1) is 17.2 Å². The third kappa shape index (κ3) is 4.64. The van der Waals surface area contributed by atoms with Gasteiger partial charge in [-0.2, -0.15) is 5.10 Å². The van der Waals surface area contributed by atoms with Crippen molar-refractivity contribution < 1.29 is 19.6 Å². The Morgan fingerprint density at radius 2 is 2.00 bits per heavy atom. The zero-order valence-corrected chi connectivity index (χ0v) is 14.4. The molecule has 0 aromatic heterocycles. The summed E-state index contributed by atoms with van der Waals surface area (Å²) in [5, 5.41) is 25.1. The zero-order valence-electron chi connectivity index (χ0n) is 14.4. The van der Waals surface area contributed by atoms with Gasteiger partial charge in [-0.25, -0.2) is 5.43 Å². The van der Waals surface area contributed by atoms with Gasteiger partial charge < -0.3 is 9.84 Å². The number of hydrazone groups is 1. The number of aliphatic hydroxyl groups is 1. The summed E-state index contributed by atoms with van der Waals surface area (Å²) in [5.74, 6) is -0.534. The van der Waals surface area contributed by atoms with Crippen LogP contribution in [0.15, 0.2) is 53.6 Å². The van der Waals surface area contributed by atoms with Crippen molar-refractivity contribution in [2.45, 2.75) is 20.0 Å². The van der Waals surface area contributed by atoms with Gasteiger partial charge in [0.1, 0.15) is 0 Å². The molecule has 2 aromatic rings. The van der Waals surface area contributed by atoms with Gasteiger partial charge in [0, 0.05) is 11.6 Å². The predicted molar refractivity (Wildman–Crippen MR) is 96.0 cm³/mol. The van der Waals surface area contributed by atoms with E-state index in [0.717, 1.165) is 0 Å². The third-order valence-electron chi connectivity index (χ3n) is 3.57. The van der Waals surface area contributed by atoms with Crippen molar-refractivity contribution in [2.75, 3.05) is 6.61 Å². The molecular weight excluding hydrogens is 338 g/mol. The second-order valence-electron chi connectivity index (χ2n) is 5.36. The molecule has 0 saturated carbocycles. The van der Waals surface area contributed by atoms with Crippen LogP contribution in [0.4, 0.5) is 5.69 Å². The maximum absolute atomic E-state index is 12.0. The van der Waals surface area contributed by atoms with Crippen LogP contribution in [0.2, 0.25) is 0 Å². The van der Waals surface area contributed by atoms with Gasteiger partial charge in [-0.3, -0.25) is 14.9 Å². The fourth-order valence-corrected chi connectivity index (χ4v) is 2.21. The van der Waals surface area contributed by atoms with Gasteiger partial charge in [-0.1, -0.05) is 30.3 Å². The average Bonchev–Trinajstić information content (AvgIpc) is 2.66. The Kier molecular flexibility index (Phi) is 6.40. The van der Waals surface area contributed by atoms with E-state index in [1.807, 2.05) is 0 Å². The molecular formula is C18H19N3O5. The van der Waals surface area contributed by atoms with Gasteiger partial charge in [-0.05, 0) is 31.5 Å². The Labute approximate surface area is 150 Å². The average molecular weight is 357 g/mol. The largest absolute Gasteiger partial charge is 0.487 e. The smallest absolute Gasteiger partial charge is 0.311 e. The molecule has 0 unspecified atom stereocenters. The van der Waals surface area contributed by atoms with E-state index in [9.17, 15) is 20.0 Å². The highest BCUT2D eigenvalue weighted by atomic mass is 16.6. The summed E-state index contributed by atoms with van der Waals surface area (Å²) < 4.78 is 5.23. The van der Waals surface area contributed by atoms with Crippen molar-refractivity contribution >= 4 is 17.3 Å². The molecule has 0 heterocycles. The summed E-state index contributed by atoms with van der Waals surface area (Å²) in [6.07, 6.45) is -1.36. The van der Waals surface area contributed by atoms with Crippen molar-refractivity contribution in [3.8, 4) is 5.75 Å². The maximum Gasteiger partial charge on any atom is 0.311 e. The third-order valence-corrected chi connectivity index (χ3v) is 3.57. The summed E-state index contributed by atoms with van der Waals surface area (Å²) in [5.41, 5.74) is 3.32. The van der Waals surface area contributed by atoms with Crippen molar-refractivity contribution in [1.82, 2.24) is 5.43 Å². The second kappa shape index (κ2) is 8.72. The minimum atomic E-state index is -1.36. The number of amides is 1. The van der Waals surface area contributed by atoms with E-state index >= 15 is 0 Å². The number of aliphatic hydroxyl groups excluding tert-OH is 1. The number of nitrogens with one attached hydrogen (secondary N) is 1. The lowest BCUT2D eigenvalue weighted by molar-refractivity contribution is -0.385. The normalized spacial score (nSPS) is 12.3. The molecule has 1 atom stereocenters. The SMILES string of the molecule is CCOc1ccc(/C(C)=N\NC(=O)[C@H](O)c2ccccc2)cc1[N+](=O)[O-].